The summed E-state index contributed by atoms with van der Waals surface area (Å²) in [5.41, 5.74) is 1.86. The van der Waals surface area contributed by atoms with E-state index in [-0.39, 0.29) is 17.6 Å². The second-order valence-corrected chi connectivity index (χ2v) is 5.59. The van der Waals surface area contributed by atoms with Crippen molar-refractivity contribution >= 4 is 34.5 Å². The molecule has 1 heterocycles. The predicted octanol–water partition coefficient (Wildman–Crippen LogP) is 3.67. The molecular formula is C14H14ClFN2OS. The molecule has 0 N–H and O–H groups in total. The van der Waals surface area contributed by atoms with Crippen molar-refractivity contribution in [2.75, 3.05) is 10.8 Å². The second kappa shape index (κ2) is 6.33. The molecule has 6 heteroatoms. The summed E-state index contributed by atoms with van der Waals surface area (Å²) in [7, 11) is 0. The van der Waals surface area contributed by atoms with Crippen LogP contribution in [-0.4, -0.2) is 16.8 Å². The monoisotopic (exact) mass is 312 g/mol. The Kier molecular flexibility index (Phi) is 4.73. The van der Waals surface area contributed by atoms with Gasteiger partial charge in [0, 0.05) is 22.3 Å². The van der Waals surface area contributed by atoms with Crippen LogP contribution >= 0.6 is 22.9 Å². The van der Waals surface area contributed by atoms with Crippen LogP contribution in [0.5, 0.6) is 0 Å². The van der Waals surface area contributed by atoms with Crippen LogP contribution in [-0.2, 0) is 11.3 Å². The zero-order valence-electron chi connectivity index (χ0n) is 11.2. The fourth-order valence-electron chi connectivity index (χ4n) is 1.88. The van der Waals surface area contributed by atoms with Crippen LogP contribution in [0.4, 0.5) is 10.1 Å². The summed E-state index contributed by atoms with van der Waals surface area (Å²) in [6, 6.07) is 4.67. The molecule has 0 aliphatic rings. The summed E-state index contributed by atoms with van der Waals surface area (Å²) in [4.78, 5) is 17.8. The third kappa shape index (κ3) is 3.16. The molecule has 2 aromatic rings. The van der Waals surface area contributed by atoms with Gasteiger partial charge < -0.3 is 4.90 Å². The van der Waals surface area contributed by atoms with E-state index in [1.165, 1.54) is 22.3 Å². The van der Waals surface area contributed by atoms with Crippen molar-refractivity contribution in [3.05, 3.63) is 45.7 Å². The number of anilines is 1. The number of carbonyl (C=O) groups is 1. The summed E-state index contributed by atoms with van der Waals surface area (Å²) in [5, 5.41) is 2.71. The molecule has 0 saturated heterocycles. The van der Waals surface area contributed by atoms with Crippen molar-refractivity contribution in [3.8, 4) is 0 Å². The summed E-state index contributed by atoms with van der Waals surface area (Å²) < 4.78 is 13.7. The molecular weight excluding hydrogens is 299 g/mol. The lowest BCUT2D eigenvalue weighted by Gasteiger charge is -2.23. The molecule has 1 aromatic carbocycles. The van der Waals surface area contributed by atoms with Gasteiger partial charge in [-0.2, -0.15) is 0 Å². The number of hydrogen-bond acceptors (Lipinski definition) is 3. The zero-order chi connectivity index (χ0) is 14.7. The lowest BCUT2D eigenvalue weighted by Crippen LogP contribution is -2.32. The number of aryl methyl sites for hydroxylation is 1. The van der Waals surface area contributed by atoms with Crippen molar-refractivity contribution in [2.45, 2.75) is 20.4 Å². The maximum absolute atomic E-state index is 13.7. The van der Waals surface area contributed by atoms with Crippen LogP contribution in [0.1, 0.15) is 16.3 Å². The maximum Gasteiger partial charge on any atom is 0.242 e. The van der Waals surface area contributed by atoms with Gasteiger partial charge in [0.05, 0.1) is 6.54 Å². The Morgan fingerprint density at radius 3 is 2.80 bits per heavy atom. The Morgan fingerprint density at radius 1 is 1.45 bits per heavy atom. The quantitative estimate of drug-likeness (QED) is 0.807. The molecule has 0 spiro atoms. The highest BCUT2D eigenvalue weighted by molar-refractivity contribution is 7.09. The lowest BCUT2D eigenvalue weighted by atomic mass is 10.1. The SMILES string of the molecule is Cc1csc(CN(C(=O)CCl)c2cccc(F)c2C)n1. The molecule has 1 amide bonds. The highest BCUT2D eigenvalue weighted by Crippen LogP contribution is 2.25. The highest BCUT2D eigenvalue weighted by Gasteiger charge is 2.19. The van der Waals surface area contributed by atoms with Crippen molar-refractivity contribution in [2.24, 2.45) is 0 Å². The van der Waals surface area contributed by atoms with Crippen LogP contribution in [0, 0.1) is 19.7 Å². The Balaban J connectivity index is 2.37. The fourth-order valence-corrected chi connectivity index (χ4v) is 2.78. The number of hydrogen-bond donors (Lipinski definition) is 0. The van der Waals surface area contributed by atoms with Crippen LogP contribution in [0.15, 0.2) is 23.6 Å². The molecule has 106 valence electrons. The third-order valence-corrected chi connectivity index (χ3v) is 4.09. The molecule has 0 saturated carbocycles. The van der Waals surface area contributed by atoms with Gasteiger partial charge in [0.1, 0.15) is 16.7 Å². The first-order valence-electron chi connectivity index (χ1n) is 6.05. The zero-order valence-corrected chi connectivity index (χ0v) is 12.8. The molecule has 0 bridgehead atoms. The molecule has 3 nitrogen and oxygen atoms in total. The standard InChI is InChI=1S/C14H14ClFN2OS/c1-9-8-20-13(17-9)7-18(14(19)6-15)12-5-3-4-11(16)10(12)2/h3-5,8H,6-7H2,1-2H3. The minimum Gasteiger partial charge on any atom is -0.304 e. The second-order valence-electron chi connectivity index (χ2n) is 4.38. The first-order valence-corrected chi connectivity index (χ1v) is 7.46. The number of alkyl halides is 1. The maximum atomic E-state index is 13.7. The number of benzene rings is 1. The smallest absolute Gasteiger partial charge is 0.242 e. The van der Waals surface area contributed by atoms with E-state index in [1.807, 2.05) is 12.3 Å². The molecule has 1 aromatic heterocycles. The molecule has 2 rings (SSSR count). The van der Waals surface area contributed by atoms with E-state index >= 15 is 0 Å². The number of nitrogens with zero attached hydrogens (tertiary/aromatic N) is 2. The van der Waals surface area contributed by atoms with Gasteiger partial charge in [0.15, 0.2) is 0 Å². The molecule has 0 aliphatic carbocycles. The molecule has 20 heavy (non-hydrogen) atoms. The van der Waals surface area contributed by atoms with Gasteiger partial charge in [0.25, 0.3) is 0 Å². The first kappa shape index (κ1) is 14.9. The van der Waals surface area contributed by atoms with Crippen LogP contribution < -0.4 is 4.90 Å². The van der Waals surface area contributed by atoms with E-state index in [9.17, 15) is 9.18 Å². The van der Waals surface area contributed by atoms with Crippen molar-refractivity contribution in [3.63, 3.8) is 0 Å². The number of thiazole rings is 1. The van der Waals surface area contributed by atoms with Crippen molar-refractivity contribution in [1.82, 2.24) is 4.98 Å². The normalized spacial score (nSPS) is 10.6. The van der Waals surface area contributed by atoms with Gasteiger partial charge in [-0.3, -0.25) is 4.79 Å². The summed E-state index contributed by atoms with van der Waals surface area (Å²) in [6.45, 7) is 3.84. The molecule has 0 fully saturated rings. The summed E-state index contributed by atoms with van der Waals surface area (Å²) in [6.07, 6.45) is 0. The average molecular weight is 313 g/mol. The van der Waals surface area contributed by atoms with E-state index in [1.54, 1.807) is 19.1 Å². The van der Waals surface area contributed by atoms with Gasteiger partial charge in [-0.15, -0.1) is 22.9 Å². The lowest BCUT2D eigenvalue weighted by molar-refractivity contribution is -0.116. The van der Waals surface area contributed by atoms with Gasteiger partial charge in [-0.1, -0.05) is 6.07 Å². The Bertz CT molecular complexity index is 629. The van der Waals surface area contributed by atoms with E-state index in [4.69, 9.17) is 11.6 Å². The summed E-state index contributed by atoms with van der Waals surface area (Å²) >= 11 is 7.13. The number of amides is 1. The van der Waals surface area contributed by atoms with Crippen LogP contribution in [0.25, 0.3) is 0 Å². The molecule has 0 radical (unpaired) electrons. The van der Waals surface area contributed by atoms with Gasteiger partial charge in [-0.05, 0) is 26.0 Å². The van der Waals surface area contributed by atoms with E-state index in [0.717, 1.165) is 10.7 Å². The van der Waals surface area contributed by atoms with E-state index < -0.39 is 0 Å². The molecule has 0 atom stereocenters. The van der Waals surface area contributed by atoms with Gasteiger partial charge in [-0.25, -0.2) is 9.37 Å². The van der Waals surface area contributed by atoms with E-state index in [2.05, 4.69) is 4.98 Å². The van der Waals surface area contributed by atoms with Crippen molar-refractivity contribution < 1.29 is 9.18 Å². The van der Waals surface area contributed by atoms with E-state index in [0.29, 0.717) is 17.8 Å². The number of carbonyl (C=O) groups excluding carboxylic acids is 1. The predicted molar refractivity (Wildman–Crippen MR) is 79.9 cm³/mol. The van der Waals surface area contributed by atoms with Crippen LogP contribution in [0.2, 0.25) is 0 Å². The number of rotatable bonds is 4. The van der Waals surface area contributed by atoms with Gasteiger partial charge >= 0.3 is 0 Å². The topological polar surface area (TPSA) is 33.2 Å². The Hall–Kier alpha value is -1.46. The largest absolute Gasteiger partial charge is 0.304 e. The minimum atomic E-state index is -0.342. The average Bonchev–Trinajstić information content (AvgIpc) is 2.84. The fraction of sp³-hybridized carbons (Fsp3) is 0.286. The number of halogens is 2. The molecule has 0 aliphatic heterocycles. The number of aromatic nitrogens is 1. The summed E-state index contributed by atoms with van der Waals surface area (Å²) in [5.74, 6) is -0.765. The van der Waals surface area contributed by atoms with Crippen LogP contribution in [0.3, 0.4) is 0 Å². The minimum absolute atomic E-state index is 0.152. The third-order valence-electron chi connectivity index (χ3n) is 2.91. The Morgan fingerprint density at radius 2 is 2.20 bits per heavy atom. The molecule has 0 unspecified atom stereocenters. The van der Waals surface area contributed by atoms with Gasteiger partial charge in [0.2, 0.25) is 5.91 Å². The van der Waals surface area contributed by atoms with Crippen molar-refractivity contribution in [1.29, 1.82) is 0 Å². The highest BCUT2D eigenvalue weighted by atomic mass is 35.5. The Labute approximate surface area is 126 Å². The first-order chi connectivity index (χ1) is 9.52.